The Balaban J connectivity index is 1.60. The van der Waals surface area contributed by atoms with E-state index in [1.807, 2.05) is 0 Å². The van der Waals surface area contributed by atoms with Gasteiger partial charge in [0, 0.05) is 25.2 Å². The number of anilines is 2. The van der Waals surface area contributed by atoms with Crippen LogP contribution in [0.25, 0.3) is 5.69 Å². The summed E-state index contributed by atoms with van der Waals surface area (Å²) < 4.78 is 21.3. The smallest absolute Gasteiger partial charge is 0.410 e. The van der Waals surface area contributed by atoms with Crippen molar-refractivity contribution in [1.29, 1.82) is 0 Å². The van der Waals surface area contributed by atoms with E-state index in [1.165, 1.54) is 18.2 Å². The van der Waals surface area contributed by atoms with Gasteiger partial charge in [-0.2, -0.15) is 0 Å². The molecule has 4 rings (SSSR count). The van der Waals surface area contributed by atoms with Crippen molar-refractivity contribution in [2.24, 2.45) is 0 Å². The van der Waals surface area contributed by atoms with E-state index in [0.717, 1.165) is 10.6 Å². The molecule has 10 nitrogen and oxygen atoms in total. The second kappa shape index (κ2) is 8.47. The highest BCUT2D eigenvalue weighted by molar-refractivity contribution is 6.23. The summed E-state index contributed by atoms with van der Waals surface area (Å²) in [7, 11) is 0. The van der Waals surface area contributed by atoms with E-state index >= 15 is 0 Å². The summed E-state index contributed by atoms with van der Waals surface area (Å²) in [5.41, 5.74) is 4.77. The molecule has 2 aliphatic heterocycles. The Morgan fingerprint density at radius 1 is 1.18 bits per heavy atom. The summed E-state index contributed by atoms with van der Waals surface area (Å²) in [4.78, 5) is 50.8. The molecule has 0 radical (unpaired) electrons. The van der Waals surface area contributed by atoms with Crippen LogP contribution in [0.15, 0.2) is 29.1 Å². The van der Waals surface area contributed by atoms with E-state index in [9.17, 15) is 23.6 Å². The molecule has 3 amide bonds. The summed E-state index contributed by atoms with van der Waals surface area (Å²) >= 11 is 0. The number of piperidine rings is 1. The predicted molar refractivity (Wildman–Crippen MR) is 123 cm³/mol. The fraction of sp³-hybridized carbons (Fsp3) is 0.391. The number of nitrogens with two attached hydrogens (primary N) is 1. The molecule has 3 heterocycles. The quantitative estimate of drug-likeness (QED) is 0.584. The van der Waals surface area contributed by atoms with Crippen molar-refractivity contribution in [2.75, 3.05) is 24.1 Å². The molecule has 2 aliphatic rings. The maximum absolute atomic E-state index is 14.9. The SMILES string of the molecule is CC(C)(C)OC(=O)N1CCC(Nc2c(F)cccc2-n2c(N)c3c(cc2=O)C(=O)NC3=O)CC1. The van der Waals surface area contributed by atoms with Crippen LogP contribution in [0.5, 0.6) is 0 Å². The zero-order chi connectivity index (χ0) is 24.8. The van der Waals surface area contributed by atoms with Gasteiger partial charge in [-0.25, -0.2) is 9.18 Å². The van der Waals surface area contributed by atoms with Gasteiger partial charge >= 0.3 is 6.09 Å². The lowest BCUT2D eigenvalue weighted by atomic mass is 10.0. The van der Waals surface area contributed by atoms with Gasteiger partial charge in [-0.15, -0.1) is 0 Å². The van der Waals surface area contributed by atoms with E-state index in [-0.39, 0.29) is 34.4 Å². The van der Waals surface area contributed by atoms with Gasteiger partial charge in [0.15, 0.2) is 0 Å². The molecule has 0 atom stereocenters. The maximum Gasteiger partial charge on any atom is 0.410 e. The summed E-state index contributed by atoms with van der Waals surface area (Å²) in [6.07, 6.45) is 0.652. The second-order valence-corrected chi connectivity index (χ2v) is 9.30. The Hall–Kier alpha value is -3.89. The average molecular weight is 471 g/mol. The molecule has 0 aliphatic carbocycles. The zero-order valence-corrected chi connectivity index (χ0v) is 19.1. The van der Waals surface area contributed by atoms with Crippen LogP contribution < -0.4 is 21.9 Å². The average Bonchev–Trinajstić information content (AvgIpc) is 3.02. The van der Waals surface area contributed by atoms with Crippen LogP contribution in [-0.4, -0.2) is 52.1 Å². The molecule has 34 heavy (non-hydrogen) atoms. The van der Waals surface area contributed by atoms with Crippen molar-refractivity contribution in [3.8, 4) is 5.69 Å². The number of aromatic nitrogens is 1. The van der Waals surface area contributed by atoms with Crippen LogP contribution in [0.2, 0.25) is 0 Å². The lowest BCUT2D eigenvalue weighted by Crippen LogP contribution is -2.44. The van der Waals surface area contributed by atoms with Crippen LogP contribution in [0.4, 0.5) is 20.7 Å². The second-order valence-electron chi connectivity index (χ2n) is 9.30. The number of ether oxygens (including phenoxy) is 1. The number of nitrogen functional groups attached to an aromatic ring is 1. The van der Waals surface area contributed by atoms with Gasteiger partial charge in [0.1, 0.15) is 17.2 Å². The number of nitrogens with one attached hydrogen (secondary N) is 2. The topological polar surface area (TPSA) is 136 Å². The first-order valence-corrected chi connectivity index (χ1v) is 10.9. The largest absolute Gasteiger partial charge is 0.444 e. The van der Waals surface area contributed by atoms with Gasteiger partial charge in [-0.3, -0.25) is 24.3 Å². The number of rotatable bonds is 3. The molecule has 0 unspecified atom stereocenters. The van der Waals surface area contributed by atoms with E-state index < -0.39 is 34.9 Å². The van der Waals surface area contributed by atoms with Crippen LogP contribution in [-0.2, 0) is 4.74 Å². The van der Waals surface area contributed by atoms with Crippen LogP contribution in [0.1, 0.15) is 54.3 Å². The number of pyridine rings is 1. The van der Waals surface area contributed by atoms with E-state index in [0.29, 0.717) is 25.9 Å². The summed E-state index contributed by atoms with van der Waals surface area (Å²) in [6, 6.07) is 4.99. The van der Waals surface area contributed by atoms with Crippen molar-refractivity contribution in [1.82, 2.24) is 14.8 Å². The molecule has 1 saturated heterocycles. The van der Waals surface area contributed by atoms with Crippen molar-refractivity contribution in [3.05, 3.63) is 51.6 Å². The number of halogens is 1. The highest BCUT2D eigenvalue weighted by Gasteiger charge is 2.33. The minimum absolute atomic E-state index is 0.0386. The summed E-state index contributed by atoms with van der Waals surface area (Å²) in [5.74, 6) is -2.28. The molecule has 0 bridgehead atoms. The molecular weight excluding hydrogens is 445 g/mol. The highest BCUT2D eigenvalue weighted by Crippen LogP contribution is 2.30. The first-order chi connectivity index (χ1) is 16.0. The van der Waals surface area contributed by atoms with E-state index in [2.05, 4.69) is 10.6 Å². The van der Waals surface area contributed by atoms with Gasteiger partial charge in [0.05, 0.1) is 22.5 Å². The molecular formula is C23H26FN5O5. The number of benzene rings is 1. The fourth-order valence-electron chi connectivity index (χ4n) is 4.11. The van der Waals surface area contributed by atoms with Crippen LogP contribution >= 0.6 is 0 Å². The van der Waals surface area contributed by atoms with E-state index in [4.69, 9.17) is 10.5 Å². The molecule has 2 aromatic rings. The molecule has 4 N–H and O–H groups in total. The van der Waals surface area contributed by atoms with Crippen LogP contribution in [0, 0.1) is 5.82 Å². The Labute approximate surface area is 194 Å². The molecule has 0 saturated carbocycles. The lowest BCUT2D eigenvalue weighted by molar-refractivity contribution is 0.0210. The fourth-order valence-corrected chi connectivity index (χ4v) is 4.11. The van der Waals surface area contributed by atoms with E-state index in [1.54, 1.807) is 25.7 Å². The molecule has 0 spiro atoms. The Kier molecular flexibility index (Phi) is 5.80. The van der Waals surface area contributed by atoms with Gasteiger partial charge in [-0.1, -0.05) is 6.07 Å². The third-order valence-corrected chi connectivity index (χ3v) is 5.68. The van der Waals surface area contributed by atoms with Crippen LogP contribution in [0.3, 0.4) is 0 Å². The third kappa shape index (κ3) is 4.33. The number of hydrogen-bond acceptors (Lipinski definition) is 7. The normalized spacial score (nSPS) is 16.3. The Morgan fingerprint density at radius 3 is 2.50 bits per heavy atom. The first-order valence-electron chi connectivity index (χ1n) is 10.9. The molecule has 1 aromatic carbocycles. The maximum atomic E-state index is 14.9. The lowest BCUT2D eigenvalue weighted by Gasteiger charge is -2.34. The van der Waals surface area contributed by atoms with Gasteiger partial charge < -0.3 is 20.7 Å². The Bertz CT molecular complexity index is 1240. The Morgan fingerprint density at radius 2 is 1.85 bits per heavy atom. The number of carbonyl (C=O) groups excluding carboxylic acids is 3. The minimum Gasteiger partial charge on any atom is -0.444 e. The van der Waals surface area contributed by atoms with Crippen molar-refractivity contribution in [2.45, 2.75) is 45.3 Å². The van der Waals surface area contributed by atoms with Gasteiger partial charge in [0.2, 0.25) is 0 Å². The number of fused-ring (bicyclic) bond motifs is 1. The number of likely N-dealkylation sites (tertiary alicyclic amines) is 1. The van der Waals surface area contributed by atoms with Crippen molar-refractivity contribution >= 4 is 29.4 Å². The molecule has 1 aromatic heterocycles. The highest BCUT2D eigenvalue weighted by atomic mass is 19.1. The number of hydrogen-bond donors (Lipinski definition) is 3. The van der Waals surface area contributed by atoms with Gasteiger partial charge in [-0.05, 0) is 45.7 Å². The molecule has 11 heteroatoms. The van der Waals surface area contributed by atoms with Crippen molar-refractivity contribution < 1.29 is 23.5 Å². The summed E-state index contributed by atoms with van der Waals surface area (Å²) in [5, 5.41) is 5.24. The standard InChI is InChI=1S/C23H26FN5O5/c1-23(2,3)34-22(33)28-9-7-12(8-10-28)26-18-14(24)5-4-6-15(18)29-16(30)11-13-17(19(29)25)21(32)27-20(13)31/h4-6,11-12,26H,7-10,25H2,1-3H3,(H,27,31,32). The number of carbonyl (C=O) groups is 3. The predicted octanol–water partition coefficient (Wildman–Crippen LogP) is 2.25. The zero-order valence-electron chi connectivity index (χ0n) is 19.1. The third-order valence-electron chi connectivity index (χ3n) is 5.68. The monoisotopic (exact) mass is 471 g/mol. The van der Waals surface area contributed by atoms with Crippen molar-refractivity contribution in [3.63, 3.8) is 0 Å². The van der Waals surface area contributed by atoms with Gasteiger partial charge in [0.25, 0.3) is 17.4 Å². The number of nitrogens with zero attached hydrogens (tertiary/aromatic N) is 2. The number of amides is 3. The first kappa shape index (κ1) is 23.3. The molecule has 180 valence electrons. The number of imide groups is 1. The molecule has 1 fully saturated rings. The number of para-hydroxylation sites is 1. The summed E-state index contributed by atoms with van der Waals surface area (Å²) in [6.45, 7) is 6.22. The minimum atomic E-state index is -0.716.